The molecule has 4 nitrogen and oxygen atoms in total. The van der Waals surface area contributed by atoms with Gasteiger partial charge in [0.1, 0.15) is 5.75 Å². The number of carbonyl (C=O) groups is 1. The number of nitrogens with one attached hydrogen (secondary N) is 1. The predicted octanol–water partition coefficient (Wildman–Crippen LogP) is 3.93. The number of benzene rings is 1. The molecule has 4 heteroatoms. The molecule has 0 heterocycles. The van der Waals surface area contributed by atoms with E-state index in [0.29, 0.717) is 6.54 Å². The fraction of sp³-hybridized carbons (Fsp3) is 0.611. The van der Waals surface area contributed by atoms with Crippen molar-refractivity contribution in [3.8, 4) is 5.75 Å². The second-order valence-corrected chi connectivity index (χ2v) is 5.44. The molecule has 0 saturated carbocycles. The van der Waals surface area contributed by atoms with E-state index in [9.17, 15) is 4.79 Å². The third-order valence-electron chi connectivity index (χ3n) is 3.67. The largest absolute Gasteiger partial charge is 0.494 e. The Balaban J connectivity index is 2.33. The number of hydrogen-bond donors (Lipinski definition) is 1. The summed E-state index contributed by atoms with van der Waals surface area (Å²) in [7, 11) is 0. The summed E-state index contributed by atoms with van der Waals surface area (Å²) in [6, 6.07) is 7.60. The van der Waals surface area contributed by atoms with Crippen LogP contribution in [0.2, 0.25) is 0 Å². The highest BCUT2D eigenvalue weighted by Gasteiger charge is 2.07. The van der Waals surface area contributed by atoms with Gasteiger partial charge in [0.25, 0.3) is 0 Å². The normalized spacial score (nSPS) is 10.7. The Morgan fingerprint density at radius 1 is 1.05 bits per heavy atom. The smallest absolute Gasteiger partial charge is 0.238 e. The van der Waals surface area contributed by atoms with E-state index in [1.165, 1.54) is 19.3 Å². The summed E-state index contributed by atoms with van der Waals surface area (Å²) in [5.74, 6) is 0.884. The summed E-state index contributed by atoms with van der Waals surface area (Å²) in [4.78, 5) is 14.0. The third kappa shape index (κ3) is 7.46. The van der Waals surface area contributed by atoms with Crippen LogP contribution >= 0.6 is 0 Å². The standard InChI is InChI=1S/C18H30N2O2/c1-4-7-8-9-14-22-17-12-10-16(11-13-17)19-18(21)15-20(5-2)6-3/h10-13H,4-9,14-15H2,1-3H3,(H,19,21). The van der Waals surface area contributed by atoms with Crippen LogP contribution in [-0.2, 0) is 4.79 Å². The first-order valence-electron chi connectivity index (χ1n) is 8.44. The second-order valence-electron chi connectivity index (χ2n) is 5.44. The summed E-state index contributed by atoms with van der Waals surface area (Å²) in [6.45, 7) is 9.28. The molecule has 0 aliphatic rings. The Morgan fingerprint density at radius 2 is 1.73 bits per heavy atom. The van der Waals surface area contributed by atoms with Gasteiger partial charge in [-0.25, -0.2) is 0 Å². The molecule has 0 aliphatic heterocycles. The maximum Gasteiger partial charge on any atom is 0.238 e. The summed E-state index contributed by atoms with van der Waals surface area (Å²) in [5, 5.41) is 2.92. The van der Waals surface area contributed by atoms with Gasteiger partial charge in [0.2, 0.25) is 5.91 Å². The van der Waals surface area contributed by atoms with Crippen molar-refractivity contribution in [2.45, 2.75) is 46.5 Å². The molecule has 1 aromatic rings. The van der Waals surface area contributed by atoms with E-state index in [0.717, 1.165) is 37.6 Å². The first kappa shape index (κ1) is 18.5. The molecule has 124 valence electrons. The summed E-state index contributed by atoms with van der Waals surface area (Å²) in [5.41, 5.74) is 0.815. The number of likely N-dealkylation sites (N-methyl/N-ethyl adjacent to an activating group) is 1. The SMILES string of the molecule is CCCCCCOc1ccc(NC(=O)CN(CC)CC)cc1. The number of unbranched alkanes of at least 4 members (excludes halogenated alkanes) is 3. The van der Waals surface area contributed by atoms with E-state index in [2.05, 4.69) is 31.0 Å². The van der Waals surface area contributed by atoms with E-state index in [1.54, 1.807) is 0 Å². The van der Waals surface area contributed by atoms with E-state index in [4.69, 9.17) is 4.74 Å². The molecule has 1 amide bonds. The number of rotatable bonds is 11. The van der Waals surface area contributed by atoms with Crippen LogP contribution < -0.4 is 10.1 Å². The average Bonchev–Trinajstić information content (AvgIpc) is 2.54. The van der Waals surface area contributed by atoms with Gasteiger partial charge in [-0.2, -0.15) is 0 Å². The quantitative estimate of drug-likeness (QED) is 0.630. The van der Waals surface area contributed by atoms with Crippen LogP contribution in [0, 0.1) is 0 Å². The minimum Gasteiger partial charge on any atom is -0.494 e. The summed E-state index contributed by atoms with van der Waals surface area (Å²) >= 11 is 0. The number of ether oxygens (including phenoxy) is 1. The van der Waals surface area contributed by atoms with Crippen LogP contribution in [-0.4, -0.2) is 37.0 Å². The maximum atomic E-state index is 11.9. The Morgan fingerprint density at radius 3 is 2.32 bits per heavy atom. The zero-order chi connectivity index (χ0) is 16.2. The summed E-state index contributed by atoms with van der Waals surface area (Å²) in [6.07, 6.45) is 4.81. The van der Waals surface area contributed by atoms with Crippen LogP contribution in [0.3, 0.4) is 0 Å². The molecular formula is C18H30N2O2. The zero-order valence-electron chi connectivity index (χ0n) is 14.2. The molecule has 0 bridgehead atoms. The average molecular weight is 306 g/mol. The lowest BCUT2D eigenvalue weighted by Gasteiger charge is -2.17. The molecule has 0 unspecified atom stereocenters. The number of hydrogen-bond acceptors (Lipinski definition) is 3. The monoisotopic (exact) mass is 306 g/mol. The Bertz CT molecular complexity index is 414. The van der Waals surface area contributed by atoms with Crippen molar-refractivity contribution in [1.29, 1.82) is 0 Å². The maximum absolute atomic E-state index is 11.9. The van der Waals surface area contributed by atoms with Crippen LogP contribution in [0.5, 0.6) is 5.75 Å². The minimum absolute atomic E-state index is 0.0249. The third-order valence-corrected chi connectivity index (χ3v) is 3.67. The van der Waals surface area contributed by atoms with Crippen molar-refractivity contribution in [2.75, 3.05) is 31.6 Å². The van der Waals surface area contributed by atoms with Crippen molar-refractivity contribution >= 4 is 11.6 Å². The van der Waals surface area contributed by atoms with Crippen LogP contribution in [0.1, 0.15) is 46.5 Å². The molecule has 0 fully saturated rings. The molecule has 0 spiro atoms. The molecule has 22 heavy (non-hydrogen) atoms. The first-order valence-corrected chi connectivity index (χ1v) is 8.44. The molecule has 1 aromatic carbocycles. The fourth-order valence-corrected chi connectivity index (χ4v) is 2.20. The lowest BCUT2D eigenvalue weighted by Crippen LogP contribution is -2.32. The van der Waals surface area contributed by atoms with Gasteiger partial charge in [0.15, 0.2) is 0 Å². The Kier molecular flexibility index (Phi) is 9.31. The van der Waals surface area contributed by atoms with Gasteiger partial charge in [0.05, 0.1) is 13.2 Å². The molecule has 0 radical (unpaired) electrons. The first-order chi connectivity index (χ1) is 10.7. The molecule has 0 atom stereocenters. The molecule has 0 aromatic heterocycles. The Labute approximate surface area is 134 Å². The van der Waals surface area contributed by atoms with Gasteiger partial charge in [-0.05, 0) is 43.8 Å². The molecular weight excluding hydrogens is 276 g/mol. The highest BCUT2D eigenvalue weighted by atomic mass is 16.5. The number of amides is 1. The number of nitrogens with zero attached hydrogens (tertiary/aromatic N) is 1. The lowest BCUT2D eigenvalue weighted by atomic mass is 10.2. The van der Waals surface area contributed by atoms with Gasteiger partial charge < -0.3 is 10.1 Å². The topological polar surface area (TPSA) is 41.6 Å². The van der Waals surface area contributed by atoms with Crippen LogP contribution in [0.4, 0.5) is 5.69 Å². The van der Waals surface area contributed by atoms with E-state index >= 15 is 0 Å². The second kappa shape index (κ2) is 11.1. The van der Waals surface area contributed by atoms with E-state index in [-0.39, 0.29) is 5.91 Å². The molecule has 1 N–H and O–H groups in total. The summed E-state index contributed by atoms with van der Waals surface area (Å²) < 4.78 is 5.69. The highest BCUT2D eigenvalue weighted by molar-refractivity contribution is 5.92. The lowest BCUT2D eigenvalue weighted by molar-refractivity contribution is -0.117. The van der Waals surface area contributed by atoms with Crippen LogP contribution in [0.15, 0.2) is 24.3 Å². The zero-order valence-corrected chi connectivity index (χ0v) is 14.2. The van der Waals surface area contributed by atoms with Crippen LogP contribution in [0.25, 0.3) is 0 Å². The molecule has 0 saturated heterocycles. The highest BCUT2D eigenvalue weighted by Crippen LogP contribution is 2.16. The molecule has 1 rings (SSSR count). The van der Waals surface area contributed by atoms with Gasteiger partial charge in [-0.3, -0.25) is 9.69 Å². The number of carbonyl (C=O) groups excluding carboxylic acids is 1. The van der Waals surface area contributed by atoms with Crippen molar-refractivity contribution < 1.29 is 9.53 Å². The fourth-order valence-electron chi connectivity index (χ4n) is 2.20. The van der Waals surface area contributed by atoms with Gasteiger partial charge in [-0.15, -0.1) is 0 Å². The van der Waals surface area contributed by atoms with E-state index in [1.807, 2.05) is 24.3 Å². The minimum atomic E-state index is 0.0249. The van der Waals surface area contributed by atoms with Crippen molar-refractivity contribution in [2.24, 2.45) is 0 Å². The van der Waals surface area contributed by atoms with Gasteiger partial charge in [-0.1, -0.05) is 40.0 Å². The Hall–Kier alpha value is -1.55. The number of anilines is 1. The molecule has 0 aliphatic carbocycles. The predicted molar refractivity (Wildman–Crippen MR) is 92.5 cm³/mol. The van der Waals surface area contributed by atoms with Crippen molar-refractivity contribution in [3.63, 3.8) is 0 Å². The van der Waals surface area contributed by atoms with Crippen molar-refractivity contribution in [1.82, 2.24) is 4.90 Å². The van der Waals surface area contributed by atoms with Gasteiger partial charge in [0, 0.05) is 5.69 Å². The van der Waals surface area contributed by atoms with Gasteiger partial charge >= 0.3 is 0 Å². The van der Waals surface area contributed by atoms with Crippen molar-refractivity contribution in [3.05, 3.63) is 24.3 Å². The van der Waals surface area contributed by atoms with E-state index < -0.39 is 0 Å².